The molecule has 1 aromatic heterocycles. The van der Waals surface area contributed by atoms with Crippen molar-refractivity contribution in [3.63, 3.8) is 0 Å². The minimum absolute atomic E-state index is 0.0647. The van der Waals surface area contributed by atoms with Gasteiger partial charge in [-0.05, 0) is 19.8 Å². The maximum Gasteiger partial charge on any atom is 0.237 e. The summed E-state index contributed by atoms with van der Waals surface area (Å²) in [5.74, 6) is -0.0647. The van der Waals surface area contributed by atoms with Crippen LogP contribution >= 0.6 is 11.3 Å². The van der Waals surface area contributed by atoms with E-state index in [0.29, 0.717) is 13.0 Å². The van der Waals surface area contributed by atoms with Gasteiger partial charge >= 0.3 is 0 Å². The number of carbonyl (C=O) groups excluding carboxylic acids is 1. The van der Waals surface area contributed by atoms with Crippen LogP contribution in [0.2, 0.25) is 0 Å². The summed E-state index contributed by atoms with van der Waals surface area (Å²) in [4.78, 5) is 16.4. The van der Waals surface area contributed by atoms with Crippen LogP contribution in [0.5, 0.6) is 0 Å². The van der Waals surface area contributed by atoms with Crippen LogP contribution in [-0.4, -0.2) is 34.7 Å². The van der Waals surface area contributed by atoms with Crippen molar-refractivity contribution < 1.29 is 9.90 Å². The molecular formula is C12H19N3O2S. The van der Waals surface area contributed by atoms with Gasteiger partial charge in [0, 0.05) is 11.9 Å². The lowest BCUT2D eigenvalue weighted by Gasteiger charge is -2.15. The van der Waals surface area contributed by atoms with Gasteiger partial charge in [0.05, 0.1) is 28.9 Å². The Morgan fingerprint density at radius 2 is 2.56 bits per heavy atom. The molecule has 3 N–H and O–H groups in total. The molecule has 100 valence electrons. The Morgan fingerprint density at radius 1 is 1.78 bits per heavy atom. The molecule has 1 saturated heterocycles. The van der Waals surface area contributed by atoms with Gasteiger partial charge in [-0.15, -0.1) is 11.3 Å². The molecule has 0 bridgehead atoms. The molecule has 1 aliphatic heterocycles. The first-order valence-electron chi connectivity index (χ1n) is 6.26. The average molecular weight is 269 g/mol. The number of aryl methyl sites for hydroxylation is 1. The van der Waals surface area contributed by atoms with Crippen LogP contribution in [0.15, 0.2) is 5.38 Å². The SMILES string of the molecule is CCc1nc(C(C)NC(=O)C2CC(O)CN2)cs1. The number of aromatic nitrogens is 1. The summed E-state index contributed by atoms with van der Waals surface area (Å²) in [6.45, 7) is 4.48. The molecule has 1 fully saturated rings. The Hall–Kier alpha value is -0.980. The van der Waals surface area contributed by atoms with Crippen molar-refractivity contribution >= 4 is 17.2 Å². The lowest BCUT2D eigenvalue weighted by atomic mass is 10.1. The Balaban J connectivity index is 1.90. The fourth-order valence-electron chi connectivity index (χ4n) is 1.99. The molecular weight excluding hydrogens is 250 g/mol. The molecule has 2 heterocycles. The second-order valence-electron chi connectivity index (χ2n) is 4.60. The predicted molar refractivity (Wildman–Crippen MR) is 70.5 cm³/mol. The second-order valence-corrected chi connectivity index (χ2v) is 5.54. The molecule has 5 nitrogen and oxygen atoms in total. The summed E-state index contributed by atoms with van der Waals surface area (Å²) >= 11 is 1.62. The average Bonchev–Trinajstić information content (AvgIpc) is 2.97. The lowest BCUT2D eigenvalue weighted by Crippen LogP contribution is -2.41. The number of nitrogens with one attached hydrogen (secondary N) is 2. The third-order valence-corrected chi connectivity index (χ3v) is 4.11. The molecule has 3 atom stereocenters. The number of aliphatic hydroxyl groups excluding tert-OH is 1. The van der Waals surface area contributed by atoms with Crippen molar-refractivity contribution in [1.82, 2.24) is 15.6 Å². The summed E-state index contributed by atoms with van der Waals surface area (Å²) in [5.41, 5.74) is 0.906. The third-order valence-electron chi connectivity index (χ3n) is 3.10. The van der Waals surface area contributed by atoms with Gasteiger partial charge in [-0.25, -0.2) is 4.98 Å². The highest BCUT2D eigenvalue weighted by molar-refractivity contribution is 7.09. The molecule has 3 unspecified atom stereocenters. The van der Waals surface area contributed by atoms with Crippen molar-refractivity contribution in [2.24, 2.45) is 0 Å². The summed E-state index contributed by atoms with van der Waals surface area (Å²) in [7, 11) is 0. The molecule has 0 radical (unpaired) electrons. The van der Waals surface area contributed by atoms with E-state index in [1.54, 1.807) is 11.3 Å². The highest BCUT2D eigenvalue weighted by atomic mass is 32.1. The number of amides is 1. The van der Waals surface area contributed by atoms with E-state index in [2.05, 4.69) is 22.5 Å². The van der Waals surface area contributed by atoms with E-state index in [0.717, 1.165) is 17.1 Å². The Kier molecular flexibility index (Phi) is 4.31. The van der Waals surface area contributed by atoms with E-state index in [4.69, 9.17) is 0 Å². The van der Waals surface area contributed by atoms with Crippen LogP contribution in [0.4, 0.5) is 0 Å². The van der Waals surface area contributed by atoms with Crippen molar-refractivity contribution in [2.45, 2.75) is 44.9 Å². The molecule has 0 aliphatic carbocycles. The number of rotatable bonds is 4. The van der Waals surface area contributed by atoms with E-state index in [1.165, 1.54) is 0 Å². The Morgan fingerprint density at radius 3 is 3.11 bits per heavy atom. The smallest absolute Gasteiger partial charge is 0.237 e. The normalized spacial score (nSPS) is 25.1. The molecule has 0 aromatic carbocycles. The number of β-amino-alcohol motifs (C(OH)–C–C–N with tert-alkyl or cyclic N) is 1. The third kappa shape index (κ3) is 3.07. The summed E-state index contributed by atoms with van der Waals surface area (Å²) in [6, 6.07) is -0.375. The first kappa shape index (κ1) is 13.5. The van der Waals surface area contributed by atoms with E-state index >= 15 is 0 Å². The minimum Gasteiger partial charge on any atom is -0.392 e. The van der Waals surface area contributed by atoms with Crippen LogP contribution in [0.25, 0.3) is 0 Å². The topological polar surface area (TPSA) is 74.2 Å². The van der Waals surface area contributed by atoms with E-state index in [-0.39, 0.29) is 18.0 Å². The van der Waals surface area contributed by atoms with Crippen LogP contribution in [-0.2, 0) is 11.2 Å². The monoisotopic (exact) mass is 269 g/mol. The maximum atomic E-state index is 11.9. The zero-order chi connectivity index (χ0) is 13.1. The second kappa shape index (κ2) is 5.77. The number of thiazole rings is 1. The number of hydrogen-bond donors (Lipinski definition) is 3. The predicted octanol–water partition coefficient (Wildman–Crippen LogP) is 0.605. The number of aliphatic hydroxyl groups is 1. The standard InChI is InChI=1S/C12H19N3O2S/c1-3-11-15-10(6-18-11)7(2)14-12(17)9-4-8(16)5-13-9/h6-9,13,16H,3-5H2,1-2H3,(H,14,17). The van der Waals surface area contributed by atoms with Gasteiger partial charge in [0.2, 0.25) is 5.91 Å². The van der Waals surface area contributed by atoms with Gasteiger partial charge in [0.15, 0.2) is 0 Å². The van der Waals surface area contributed by atoms with Gasteiger partial charge in [0.1, 0.15) is 0 Å². The fourth-order valence-corrected chi connectivity index (χ4v) is 2.83. The summed E-state index contributed by atoms with van der Waals surface area (Å²) in [5, 5.41) is 18.4. The summed E-state index contributed by atoms with van der Waals surface area (Å²) in [6.07, 6.45) is 0.986. The van der Waals surface area contributed by atoms with E-state index < -0.39 is 6.10 Å². The van der Waals surface area contributed by atoms with Gasteiger partial charge in [-0.3, -0.25) is 4.79 Å². The number of nitrogens with zero attached hydrogens (tertiary/aromatic N) is 1. The molecule has 6 heteroatoms. The molecule has 1 aromatic rings. The molecule has 0 saturated carbocycles. The molecule has 2 rings (SSSR count). The first-order valence-corrected chi connectivity index (χ1v) is 7.14. The van der Waals surface area contributed by atoms with Crippen molar-refractivity contribution in [3.8, 4) is 0 Å². The van der Waals surface area contributed by atoms with Gasteiger partial charge < -0.3 is 15.7 Å². The lowest BCUT2D eigenvalue weighted by molar-refractivity contribution is -0.123. The Bertz CT molecular complexity index is 421. The minimum atomic E-state index is -0.415. The first-order chi connectivity index (χ1) is 8.60. The van der Waals surface area contributed by atoms with Crippen LogP contribution in [0, 0.1) is 0 Å². The molecule has 1 amide bonds. The van der Waals surface area contributed by atoms with Crippen LogP contribution in [0.1, 0.15) is 37.0 Å². The zero-order valence-corrected chi connectivity index (χ0v) is 11.5. The largest absolute Gasteiger partial charge is 0.392 e. The molecule has 0 spiro atoms. The van der Waals surface area contributed by atoms with Crippen molar-refractivity contribution in [2.75, 3.05) is 6.54 Å². The number of carbonyl (C=O) groups is 1. The van der Waals surface area contributed by atoms with Crippen molar-refractivity contribution in [1.29, 1.82) is 0 Å². The van der Waals surface area contributed by atoms with Gasteiger partial charge in [-0.1, -0.05) is 6.92 Å². The zero-order valence-electron chi connectivity index (χ0n) is 10.6. The fraction of sp³-hybridized carbons (Fsp3) is 0.667. The number of hydrogen-bond acceptors (Lipinski definition) is 5. The van der Waals surface area contributed by atoms with E-state index in [1.807, 2.05) is 12.3 Å². The van der Waals surface area contributed by atoms with E-state index in [9.17, 15) is 9.90 Å². The van der Waals surface area contributed by atoms with Gasteiger partial charge in [0.25, 0.3) is 0 Å². The highest BCUT2D eigenvalue weighted by Crippen LogP contribution is 2.17. The van der Waals surface area contributed by atoms with Crippen LogP contribution in [0.3, 0.4) is 0 Å². The van der Waals surface area contributed by atoms with Gasteiger partial charge in [-0.2, -0.15) is 0 Å². The Labute approximate surface area is 111 Å². The van der Waals surface area contributed by atoms with Crippen LogP contribution < -0.4 is 10.6 Å². The highest BCUT2D eigenvalue weighted by Gasteiger charge is 2.29. The molecule has 1 aliphatic rings. The quantitative estimate of drug-likeness (QED) is 0.748. The summed E-state index contributed by atoms with van der Waals surface area (Å²) < 4.78 is 0. The molecule has 18 heavy (non-hydrogen) atoms. The van der Waals surface area contributed by atoms with Crippen molar-refractivity contribution in [3.05, 3.63) is 16.1 Å². The maximum absolute atomic E-state index is 11.9.